The monoisotopic (exact) mass is 178 g/mol. The molecule has 3 heteroatoms. The van der Waals surface area contributed by atoms with E-state index >= 15 is 0 Å². The van der Waals surface area contributed by atoms with Gasteiger partial charge in [-0.05, 0) is 6.42 Å². The van der Waals surface area contributed by atoms with Gasteiger partial charge >= 0.3 is 0 Å². The van der Waals surface area contributed by atoms with Gasteiger partial charge in [0.15, 0.2) is 0 Å². The van der Waals surface area contributed by atoms with Crippen LogP contribution in [0.1, 0.15) is 26.2 Å². The van der Waals surface area contributed by atoms with Crippen LogP contribution < -0.4 is 0 Å². The molecule has 0 aromatic heterocycles. The van der Waals surface area contributed by atoms with Gasteiger partial charge in [0.25, 0.3) is 0 Å². The molecule has 3 nitrogen and oxygen atoms in total. The van der Waals surface area contributed by atoms with Crippen molar-refractivity contribution in [3.63, 3.8) is 0 Å². The summed E-state index contributed by atoms with van der Waals surface area (Å²) in [5.41, 5.74) is 0. The Morgan fingerprint density at radius 3 is 1.33 bits per heavy atom. The lowest BCUT2D eigenvalue weighted by Crippen LogP contribution is -1.85. The third-order valence-corrected chi connectivity index (χ3v) is 0.862. The summed E-state index contributed by atoms with van der Waals surface area (Å²) in [5.74, 6) is 0. The summed E-state index contributed by atoms with van der Waals surface area (Å²) in [6, 6.07) is 0. The summed E-state index contributed by atoms with van der Waals surface area (Å²) in [4.78, 5) is 0. The normalized spacial score (nSPS) is 7.33. The van der Waals surface area contributed by atoms with E-state index in [1.807, 2.05) is 0 Å². The molecule has 0 saturated carbocycles. The van der Waals surface area contributed by atoms with Crippen LogP contribution in [0.3, 0.4) is 0 Å². The average molecular weight is 178 g/mol. The zero-order valence-electron chi connectivity index (χ0n) is 8.00. The highest BCUT2D eigenvalue weighted by Gasteiger charge is 1.76. The summed E-state index contributed by atoms with van der Waals surface area (Å²) in [5, 5.41) is 23.4. The summed E-state index contributed by atoms with van der Waals surface area (Å²) in [6.07, 6.45) is 3.33. The van der Waals surface area contributed by atoms with E-state index in [1.54, 1.807) is 0 Å². The van der Waals surface area contributed by atoms with E-state index in [-0.39, 0.29) is 13.2 Å². The second-order valence-corrected chi connectivity index (χ2v) is 1.88. The predicted octanol–water partition coefficient (Wildman–Crippen LogP) is 0.942. The van der Waals surface area contributed by atoms with Crippen molar-refractivity contribution in [3.8, 4) is 0 Å². The average Bonchev–Trinajstić information content (AvgIpc) is 2.18. The SMILES string of the molecule is C=C.CCCCCO.OCCO. The van der Waals surface area contributed by atoms with Crippen LogP contribution in [0.25, 0.3) is 0 Å². The first kappa shape index (κ1) is 17.6. The molecule has 0 unspecified atom stereocenters. The lowest BCUT2D eigenvalue weighted by Gasteiger charge is -1.85. The minimum absolute atomic E-state index is 0.125. The zero-order chi connectivity index (χ0) is 10.2. The van der Waals surface area contributed by atoms with Crippen molar-refractivity contribution in [3.05, 3.63) is 13.2 Å². The van der Waals surface area contributed by atoms with Crippen LogP contribution >= 0.6 is 0 Å². The molecule has 0 radical (unpaired) electrons. The van der Waals surface area contributed by atoms with Gasteiger partial charge in [-0.2, -0.15) is 0 Å². The smallest absolute Gasteiger partial charge is 0.0662 e. The van der Waals surface area contributed by atoms with E-state index in [2.05, 4.69) is 20.1 Å². The van der Waals surface area contributed by atoms with Gasteiger partial charge in [0, 0.05) is 6.61 Å². The van der Waals surface area contributed by atoms with Crippen molar-refractivity contribution in [2.45, 2.75) is 26.2 Å². The Hall–Kier alpha value is -0.380. The van der Waals surface area contributed by atoms with E-state index in [0.29, 0.717) is 6.61 Å². The maximum atomic E-state index is 8.20. The Labute approximate surface area is 75.4 Å². The molecule has 0 bridgehead atoms. The Bertz CT molecular complexity index is 43.0. The van der Waals surface area contributed by atoms with Crippen molar-refractivity contribution in [1.29, 1.82) is 0 Å². The molecule has 0 aromatic carbocycles. The number of hydrogen-bond donors (Lipinski definition) is 3. The highest BCUT2D eigenvalue weighted by molar-refractivity contribution is 4.30. The van der Waals surface area contributed by atoms with Gasteiger partial charge in [0.1, 0.15) is 0 Å². The first-order chi connectivity index (χ1) is 5.83. The molecule has 3 N–H and O–H groups in total. The lowest BCUT2D eigenvalue weighted by atomic mass is 10.3. The maximum Gasteiger partial charge on any atom is 0.0662 e. The molecule has 0 amide bonds. The van der Waals surface area contributed by atoms with Crippen LogP contribution in [-0.2, 0) is 0 Å². The van der Waals surface area contributed by atoms with E-state index < -0.39 is 0 Å². The van der Waals surface area contributed by atoms with Crippen molar-refractivity contribution in [1.82, 2.24) is 0 Å². The summed E-state index contributed by atoms with van der Waals surface area (Å²) in [7, 11) is 0. The maximum absolute atomic E-state index is 8.20. The Balaban J connectivity index is -0.000000118. The zero-order valence-corrected chi connectivity index (χ0v) is 8.00. The van der Waals surface area contributed by atoms with Crippen LogP contribution in [0.2, 0.25) is 0 Å². The van der Waals surface area contributed by atoms with E-state index in [0.717, 1.165) is 12.8 Å². The fourth-order valence-electron chi connectivity index (χ4n) is 0.362. The standard InChI is InChI=1S/C5H12O.C2H6O2.C2H4/c1-2-3-4-5-6;3-1-2-4;1-2/h6H,2-5H2,1H3;3-4H,1-2H2;1-2H2. The largest absolute Gasteiger partial charge is 0.396 e. The molecule has 0 spiro atoms. The van der Waals surface area contributed by atoms with Gasteiger partial charge in [-0.3, -0.25) is 0 Å². The molecule has 76 valence electrons. The van der Waals surface area contributed by atoms with Crippen LogP contribution in [0.5, 0.6) is 0 Å². The second kappa shape index (κ2) is 31.1. The molecule has 0 aliphatic carbocycles. The topological polar surface area (TPSA) is 60.7 Å². The van der Waals surface area contributed by atoms with Crippen LogP contribution in [0.4, 0.5) is 0 Å². The summed E-state index contributed by atoms with van der Waals surface area (Å²) < 4.78 is 0. The minimum Gasteiger partial charge on any atom is -0.396 e. The fourth-order valence-corrected chi connectivity index (χ4v) is 0.362. The Morgan fingerprint density at radius 1 is 0.833 bits per heavy atom. The van der Waals surface area contributed by atoms with Crippen LogP contribution in [-0.4, -0.2) is 35.1 Å². The third-order valence-electron chi connectivity index (χ3n) is 0.862. The van der Waals surface area contributed by atoms with Crippen molar-refractivity contribution >= 4 is 0 Å². The summed E-state index contributed by atoms with van der Waals surface area (Å²) in [6.45, 7) is 8.23. The van der Waals surface area contributed by atoms with Gasteiger partial charge in [-0.1, -0.05) is 19.8 Å². The Morgan fingerprint density at radius 2 is 1.25 bits per heavy atom. The molecule has 0 saturated heterocycles. The van der Waals surface area contributed by atoms with Crippen molar-refractivity contribution in [2.75, 3.05) is 19.8 Å². The van der Waals surface area contributed by atoms with Gasteiger partial charge < -0.3 is 15.3 Å². The van der Waals surface area contributed by atoms with Gasteiger partial charge in [0.05, 0.1) is 13.2 Å². The minimum atomic E-state index is -0.125. The highest BCUT2D eigenvalue weighted by atomic mass is 16.3. The van der Waals surface area contributed by atoms with Crippen LogP contribution in [0.15, 0.2) is 13.2 Å². The second-order valence-electron chi connectivity index (χ2n) is 1.88. The van der Waals surface area contributed by atoms with E-state index in [9.17, 15) is 0 Å². The van der Waals surface area contributed by atoms with Gasteiger partial charge in [0.2, 0.25) is 0 Å². The molecule has 0 aliphatic rings. The molecule has 0 atom stereocenters. The number of aliphatic hydroxyl groups is 3. The van der Waals surface area contributed by atoms with Crippen LogP contribution in [0, 0.1) is 0 Å². The third kappa shape index (κ3) is 54.5. The molecule has 0 heterocycles. The molecule has 0 fully saturated rings. The van der Waals surface area contributed by atoms with Gasteiger partial charge in [-0.25, -0.2) is 0 Å². The quantitative estimate of drug-likeness (QED) is 0.443. The molecular formula is C9H22O3. The Kier molecular flexibility index (Phi) is 45.7. The number of aliphatic hydroxyl groups excluding tert-OH is 3. The summed E-state index contributed by atoms with van der Waals surface area (Å²) >= 11 is 0. The number of hydrogen-bond acceptors (Lipinski definition) is 3. The fraction of sp³-hybridized carbons (Fsp3) is 0.778. The molecular weight excluding hydrogens is 156 g/mol. The molecule has 0 aromatic rings. The van der Waals surface area contributed by atoms with E-state index in [4.69, 9.17) is 15.3 Å². The predicted molar refractivity (Wildman–Crippen MR) is 52.0 cm³/mol. The first-order valence-corrected chi connectivity index (χ1v) is 4.16. The molecule has 12 heavy (non-hydrogen) atoms. The number of unbranched alkanes of at least 4 members (excludes halogenated alkanes) is 2. The van der Waals surface area contributed by atoms with Crippen molar-refractivity contribution in [2.24, 2.45) is 0 Å². The highest BCUT2D eigenvalue weighted by Crippen LogP contribution is 1.89. The molecule has 0 rings (SSSR count). The molecule has 0 aliphatic heterocycles. The van der Waals surface area contributed by atoms with E-state index in [1.165, 1.54) is 6.42 Å². The number of rotatable bonds is 4. The van der Waals surface area contributed by atoms with Crippen molar-refractivity contribution < 1.29 is 15.3 Å². The lowest BCUT2D eigenvalue weighted by molar-refractivity contribution is 0.186. The van der Waals surface area contributed by atoms with Gasteiger partial charge in [-0.15, -0.1) is 13.2 Å². The first-order valence-electron chi connectivity index (χ1n) is 4.16.